The van der Waals surface area contributed by atoms with E-state index in [0.29, 0.717) is 11.2 Å². The number of aliphatic carboxylic acids is 1. The number of carbonyl (C=O) groups excluding carboxylic acids is 1. The number of hydrogen-bond acceptors (Lipinski definition) is 7. The second-order valence-corrected chi connectivity index (χ2v) is 5.36. The van der Waals surface area contributed by atoms with E-state index in [1.807, 2.05) is 0 Å². The minimum atomic E-state index is -1.45. The fourth-order valence-corrected chi connectivity index (χ4v) is 2.26. The average Bonchev–Trinajstić information content (AvgIpc) is 3.15. The first-order valence-electron chi connectivity index (χ1n) is 6.16. The van der Waals surface area contributed by atoms with Crippen molar-refractivity contribution in [3.05, 3.63) is 0 Å². The standard InChI is InChI=1S/C10H15N5O4S/c16-7(9(18)19)3-4-11-8(17)5-20-10-12-13-14-15(10)6-1-2-6/h6-7,16H,1-5H2,(H,11,17)(H,18,19)/t7-/m0/s1. The van der Waals surface area contributed by atoms with E-state index in [1.165, 1.54) is 11.8 Å². The maximum Gasteiger partial charge on any atom is 0.332 e. The van der Waals surface area contributed by atoms with Crippen LogP contribution >= 0.6 is 11.8 Å². The molecule has 1 atom stereocenters. The molecule has 0 radical (unpaired) electrons. The maximum atomic E-state index is 11.5. The van der Waals surface area contributed by atoms with Gasteiger partial charge in [-0.2, -0.15) is 0 Å². The van der Waals surface area contributed by atoms with Gasteiger partial charge in [-0.05, 0) is 23.3 Å². The van der Waals surface area contributed by atoms with Gasteiger partial charge < -0.3 is 15.5 Å². The summed E-state index contributed by atoms with van der Waals surface area (Å²) in [6.07, 6.45) is 0.631. The summed E-state index contributed by atoms with van der Waals surface area (Å²) in [4.78, 5) is 21.9. The van der Waals surface area contributed by atoms with Gasteiger partial charge in [-0.25, -0.2) is 9.48 Å². The van der Waals surface area contributed by atoms with Crippen molar-refractivity contribution >= 4 is 23.6 Å². The molecule has 1 aliphatic carbocycles. The first-order valence-corrected chi connectivity index (χ1v) is 7.14. The van der Waals surface area contributed by atoms with Crippen LogP contribution in [-0.4, -0.2) is 60.7 Å². The Balaban J connectivity index is 1.67. The lowest BCUT2D eigenvalue weighted by molar-refractivity contribution is -0.147. The molecular weight excluding hydrogens is 286 g/mol. The van der Waals surface area contributed by atoms with Crippen molar-refractivity contribution in [2.75, 3.05) is 12.3 Å². The van der Waals surface area contributed by atoms with Crippen LogP contribution in [0.4, 0.5) is 0 Å². The molecular formula is C10H15N5O4S. The average molecular weight is 301 g/mol. The van der Waals surface area contributed by atoms with Crippen LogP contribution in [0.3, 0.4) is 0 Å². The van der Waals surface area contributed by atoms with Crippen molar-refractivity contribution in [2.45, 2.75) is 36.6 Å². The summed E-state index contributed by atoms with van der Waals surface area (Å²) >= 11 is 1.23. The van der Waals surface area contributed by atoms with E-state index in [9.17, 15) is 9.59 Å². The molecule has 1 aliphatic rings. The molecule has 110 valence electrons. The number of thioether (sulfide) groups is 1. The van der Waals surface area contributed by atoms with Gasteiger partial charge in [0.25, 0.3) is 0 Å². The van der Waals surface area contributed by atoms with Gasteiger partial charge in [0.1, 0.15) is 0 Å². The third-order valence-electron chi connectivity index (χ3n) is 2.71. The molecule has 0 aliphatic heterocycles. The quantitative estimate of drug-likeness (QED) is 0.524. The summed E-state index contributed by atoms with van der Waals surface area (Å²) in [7, 11) is 0. The molecule has 0 unspecified atom stereocenters. The Bertz CT molecular complexity index is 490. The lowest BCUT2D eigenvalue weighted by atomic mass is 10.2. The molecule has 0 spiro atoms. The second kappa shape index (κ2) is 6.66. The molecule has 9 nitrogen and oxygen atoms in total. The van der Waals surface area contributed by atoms with E-state index < -0.39 is 12.1 Å². The number of tetrazole rings is 1. The summed E-state index contributed by atoms with van der Waals surface area (Å²) in [5.74, 6) is -1.40. The van der Waals surface area contributed by atoms with Crippen LogP contribution in [0, 0.1) is 0 Å². The molecule has 1 aromatic heterocycles. The SMILES string of the molecule is O=C(CSc1nnnn1C1CC1)NCC[C@H](O)C(=O)O. The third kappa shape index (κ3) is 4.17. The van der Waals surface area contributed by atoms with E-state index in [0.717, 1.165) is 12.8 Å². The van der Waals surface area contributed by atoms with Crippen molar-refractivity contribution in [1.82, 2.24) is 25.5 Å². The molecule has 0 aromatic carbocycles. The van der Waals surface area contributed by atoms with Gasteiger partial charge in [0.05, 0.1) is 11.8 Å². The Morgan fingerprint density at radius 3 is 2.90 bits per heavy atom. The topological polar surface area (TPSA) is 130 Å². The number of carbonyl (C=O) groups is 2. The molecule has 0 saturated heterocycles. The maximum absolute atomic E-state index is 11.5. The predicted molar refractivity (Wildman–Crippen MR) is 68.1 cm³/mol. The summed E-state index contributed by atoms with van der Waals surface area (Å²) in [5.41, 5.74) is 0. The van der Waals surface area contributed by atoms with Crippen LogP contribution < -0.4 is 5.32 Å². The zero-order valence-electron chi connectivity index (χ0n) is 10.6. The highest BCUT2D eigenvalue weighted by molar-refractivity contribution is 7.99. The van der Waals surface area contributed by atoms with Crippen molar-refractivity contribution in [2.24, 2.45) is 0 Å². The normalized spacial score (nSPS) is 15.8. The number of nitrogens with zero attached hydrogens (tertiary/aromatic N) is 4. The minimum absolute atomic E-state index is 0.0223. The highest BCUT2D eigenvalue weighted by Gasteiger charge is 2.28. The van der Waals surface area contributed by atoms with Crippen molar-refractivity contribution < 1.29 is 19.8 Å². The number of aliphatic hydroxyl groups excluding tert-OH is 1. The van der Waals surface area contributed by atoms with Crippen LogP contribution in [0.15, 0.2) is 5.16 Å². The van der Waals surface area contributed by atoms with Crippen molar-refractivity contribution in [1.29, 1.82) is 0 Å². The fourth-order valence-electron chi connectivity index (χ4n) is 1.48. The summed E-state index contributed by atoms with van der Waals surface area (Å²) in [5, 5.41) is 31.9. The third-order valence-corrected chi connectivity index (χ3v) is 3.65. The summed E-state index contributed by atoms with van der Waals surface area (Å²) in [6, 6.07) is 0.348. The van der Waals surface area contributed by atoms with Gasteiger partial charge in [0.2, 0.25) is 11.1 Å². The molecule has 2 rings (SSSR count). The fraction of sp³-hybridized carbons (Fsp3) is 0.700. The second-order valence-electron chi connectivity index (χ2n) is 4.42. The summed E-state index contributed by atoms with van der Waals surface area (Å²) < 4.78 is 1.71. The zero-order valence-corrected chi connectivity index (χ0v) is 11.4. The number of rotatable bonds is 8. The number of aromatic nitrogens is 4. The van der Waals surface area contributed by atoms with Crippen LogP contribution in [0.25, 0.3) is 0 Å². The molecule has 20 heavy (non-hydrogen) atoms. The number of amides is 1. The smallest absolute Gasteiger partial charge is 0.332 e. The lowest BCUT2D eigenvalue weighted by Crippen LogP contribution is -2.31. The minimum Gasteiger partial charge on any atom is -0.479 e. The summed E-state index contributed by atoms with van der Waals surface area (Å²) in [6.45, 7) is 0.112. The lowest BCUT2D eigenvalue weighted by Gasteiger charge is -2.07. The van der Waals surface area contributed by atoms with Gasteiger partial charge in [-0.15, -0.1) is 5.10 Å². The molecule has 10 heteroatoms. The first-order chi connectivity index (χ1) is 9.58. The van der Waals surface area contributed by atoms with Crippen LogP contribution in [0.1, 0.15) is 25.3 Å². The van der Waals surface area contributed by atoms with E-state index in [1.54, 1.807) is 4.68 Å². The number of carboxylic acids is 1. The Morgan fingerprint density at radius 2 is 2.25 bits per heavy atom. The van der Waals surface area contributed by atoms with Crippen LogP contribution in [-0.2, 0) is 9.59 Å². The highest BCUT2D eigenvalue weighted by Crippen LogP contribution is 2.36. The molecule has 1 aromatic rings. The van der Waals surface area contributed by atoms with Gasteiger partial charge in [0.15, 0.2) is 6.10 Å². The van der Waals surface area contributed by atoms with Gasteiger partial charge >= 0.3 is 5.97 Å². The number of hydrogen-bond donors (Lipinski definition) is 3. The molecule has 1 saturated carbocycles. The molecule has 3 N–H and O–H groups in total. The molecule has 0 bridgehead atoms. The van der Waals surface area contributed by atoms with E-state index in [-0.39, 0.29) is 24.6 Å². The number of carboxylic acid groups (broad SMARTS) is 1. The molecule has 1 heterocycles. The van der Waals surface area contributed by atoms with Crippen LogP contribution in [0.5, 0.6) is 0 Å². The molecule has 1 amide bonds. The highest BCUT2D eigenvalue weighted by atomic mass is 32.2. The largest absolute Gasteiger partial charge is 0.479 e. The Labute approximate surface area is 118 Å². The van der Waals surface area contributed by atoms with E-state index >= 15 is 0 Å². The van der Waals surface area contributed by atoms with Gasteiger partial charge in [-0.1, -0.05) is 11.8 Å². The van der Waals surface area contributed by atoms with Crippen LogP contribution in [0.2, 0.25) is 0 Å². The van der Waals surface area contributed by atoms with Gasteiger partial charge in [-0.3, -0.25) is 4.79 Å². The van der Waals surface area contributed by atoms with E-state index in [4.69, 9.17) is 10.2 Å². The van der Waals surface area contributed by atoms with Crippen molar-refractivity contribution in [3.8, 4) is 0 Å². The van der Waals surface area contributed by atoms with Crippen molar-refractivity contribution in [3.63, 3.8) is 0 Å². The Morgan fingerprint density at radius 1 is 1.50 bits per heavy atom. The van der Waals surface area contributed by atoms with Gasteiger partial charge in [0, 0.05) is 13.0 Å². The number of nitrogens with one attached hydrogen (secondary N) is 1. The number of aliphatic hydroxyl groups is 1. The molecule has 1 fully saturated rings. The monoisotopic (exact) mass is 301 g/mol. The Kier molecular flexibility index (Phi) is 4.90. The zero-order chi connectivity index (χ0) is 14.5. The van der Waals surface area contributed by atoms with E-state index in [2.05, 4.69) is 20.8 Å². The predicted octanol–water partition coefficient (Wildman–Crippen LogP) is -0.948. The first kappa shape index (κ1) is 14.7. The Hall–Kier alpha value is -1.68.